The van der Waals surface area contributed by atoms with E-state index in [1.807, 2.05) is 0 Å². The van der Waals surface area contributed by atoms with Crippen LogP contribution in [-0.4, -0.2) is 6.91 Å². The molecule has 0 fully saturated rings. The number of benzene rings is 3. The van der Waals surface area contributed by atoms with Crippen molar-refractivity contribution in [3.8, 4) is 11.0 Å². The summed E-state index contributed by atoms with van der Waals surface area (Å²) in [5.74, 6) is 2.15. The Balaban J connectivity index is 2.11. The maximum absolute atomic E-state index is 2.33. The van der Waals surface area contributed by atoms with Crippen LogP contribution in [0.4, 0.5) is 0 Å². The van der Waals surface area contributed by atoms with E-state index in [0.29, 0.717) is 0 Å². The van der Waals surface area contributed by atoms with E-state index in [9.17, 15) is 0 Å². The zero-order valence-electron chi connectivity index (χ0n) is 11.6. The zero-order chi connectivity index (χ0) is 13.8. The van der Waals surface area contributed by atoms with Gasteiger partial charge >= 0.3 is 124 Å². The number of hydrogen-bond donors (Lipinski definition) is 0. The van der Waals surface area contributed by atoms with Crippen LogP contribution < -0.4 is 0 Å². The van der Waals surface area contributed by atoms with E-state index >= 15 is 0 Å². The Labute approximate surface area is 124 Å². The Hall–Kier alpha value is -2.41. The third-order valence-electron chi connectivity index (χ3n) is 4.64. The van der Waals surface area contributed by atoms with Crippen LogP contribution in [0.15, 0.2) is 66.6 Å². The SMILES string of the molecule is b1cccc2c1-c1c3ccccc3cc3cccc(c13)C2. The molecule has 0 bridgehead atoms. The van der Waals surface area contributed by atoms with Gasteiger partial charge < -0.3 is 0 Å². The van der Waals surface area contributed by atoms with Crippen LogP contribution >= 0.6 is 0 Å². The van der Waals surface area contributed by atoms with Gasteiger partial charge in [0.15, 0.2) is 0 Å². The van der Waals surface area contributed by atoms with Crippen molar-refractivity contribution < 1.29 is 0 Å². The molecule has 0 radical (unpaired) electrons. The normalized spacial score (nSPS) is 12.4. The van der Waals surface area contributed by atoms with Gasteiger partial charge in [0.2, 0.25) is 0 Å². The fraction of sp³-hybridized carbons (Fsp3) is 0.0500. The fourth-order valence-corrected chi connectivity index (χ4v) is 3.75. The third kappa shape index (κ3) is 1.49. The van der Waals surface area contributed by atoms with Crippen LogP contribution in [0.1, 0.15) is 11.1 Å². The molecule has 1 aliphatic carbocycles. The molecule has 0 spiro atoms. The molecule has 0 saturated heterocycles. The first-order chi connectivity index (χ1) is 10.4. The topological polar surface area (TPSA) is 0 Å². The van der Waals surface area contributed by atoms with Gasteiger partial charge in [-0.05, 0) is 0 Å². The summed E-state index contributed by atoms with van der Waals surface area (Å²) in [4.78, 5) is 0. The number of hydrogen-bond acceptors (Lipinski definition) is 0. The summed E-state index contributed by atoms with van der Waals surface area (Å²) in [6.07, 6.45) is 1.04. The molecule has 1 aliphatic rings. The van der Waals surface area contributed by atoms with Crippen molar-refractivity contribution in [1.82, 2.24) is 0 Å². The van der Waals surface area contributed by atoms with Gasteiger partial charge in [-0.15, -0.1) is 0 Å². The summed E-state index contributed by atoms with van der Waals surface area (Å²) < 4.78 is 0. The van der Waals surface area contributed by atoms with Crippen molar-refractivity contribution in [3.05, 3.63) is 77.8 Å². The molecule has 0 aliphatic heterocycles. The average molecular weight is 264 g/mol. The van der Waals surface area contributed by atoms with E-state index in [0.717, 1.165) is 6.42 Å². The molecular formula is C20H13B. The van der Waals surface area contributed by atoms with Gasteiger partial charge in [-0.25, -0.2) is 0 Å². The van der Waals surface area contributed by atoms with Crippen molar-refractivity contribution in [3.63, 3.8) is 0 Å². The Bertz CT molecular complexity index is 1010. The first-order valence-corrected chi connectivity index (χ1v) is 7.43. The van der Waals surface area contributed by atoms with Gasteiger partial charge in [-0.1, -0.05) is 0 Å². The van der Waals surface area contributed by atoms with E-state index in [2.05, 4.69) is 73.5 Å². The quantitative estimate of drug-likeness (QED) is 0.349. The van der Waals surface area contributed by atoms with Crippen LogP contribution in [0.5, 0.6) is 0 Å². The molecule has 96 valence electrons. The molecule has 0 nitrogen and oxygen atoms in total. The Kier molecular flexibility index (Phi) is 2.17. The summed E-state index contributed by atoms with van der Waals surface area (Å²) in [5.41, 5.74) is 5.71. The molecule has 0 N–H and O–H groups in total. The molecule has 1 aromatic heterocycles. The molecule has 0 atom stereocenters. The van der Waals surface area contributed by atoms with Gasteiger partial charge in [0.25, 0.3) is 0 Å². The molecule has 0 amide bonds. The number of fused-ring (bicyclic) bond motifs is 4. The minimum absolute atomic E-state index is 1.04. The molecule has 5 rings (SSSR count). The monoisotopic (exact) mass is 264 g/mol. The third-order valence-corrected chi connectivity index (χ3v) is 4.64. The molecule has 21 heavy (non-hydrogen) atoms. The Morgan fingerprint density at radius 1 is 0.762 bits per heavy atom. The van der Waals surface area contributed by atoms with Crippen LogP contribution in [0.3, 0.4) is 0 Å². The molecule has 1 heterocycles. The van der Waals surface area contributed by atoms with Crippen LogP contribution in [0.2, 0.25) is 0 Å². The average Bonchev–Trinajstić information content (AvgIpc) is 2.54. The standard InChI is InChI=1S/C20H13B/c1-2-9-17-13(5-1)11-14-6-3-7-15-12-16-8-4-10-21-20(16)19(17)18(14)15/h1-11H,12H2. The van der Waals surface area contributed by atoms with Gasteiger partial charge in [0, 0.05) is 0 Å². The second-order valence-electron chi connectivity index (χ2n) is 5.82. The molecule has 1 heteroatoms. The van der Waals surface area contributed by atoms with Gasteiger partial charge in [-0.3, -0.25) is 0 Å². The predicted octanol–water partition coefficient (Wildman–Crippen LogP) is 4.90. The van der Waals surface area contributed by atoms with Gasteiger partial charge in [-0.2, -0.15) is 0 Å². The van der Waals surface area contributed by atoms with Crippen LogP contribution in [-0.2, 0) is 6.42 Å². The fourth-order valence-electron chi connectivity index (χ4n) is 3.75. The Morgan fingerprint density at radius 2 is 1.62 bits per heavy atom. The predicted molar refractivity (Wildman–Crippen MR) is 91.0 cm³/mol. The van der Waals surface area contributed by atoms with Crippen molar-refractivity contribution in [1.29, 1.82) is 0 Å². The van der Waals surface area contributed by atoms with Crippen molar-refractivity contribution >= 4 is 28.5 Å². The van der Waals surface area contributed by atoms with Crippen molar-refractivity contribution in [2.45, 2.75) is 6.42 Å². The summed E-state index contributed by atoms with van der Waals surface area (Å²) in [5, 5.41) is 5.49. The van der Waals surface area contributed by atoms with Crippen LogP contribution in [0, 0.1) is 0 Å². The Morgan fingerprint density at radius 3 is 2.62 bits per heavy atom. The molecule has 0 saturated carbocycles. The zero-order valence-corrected chi connectivity index (χ0v) is 11.6. The molecule has 0 unspecified atom stereocenters. The first kappa shape index (κ1) is 11.3. The number of rotatable bonds is 0. The van der Waals surface area contributed by atoms with E-state index < -0.39 is 0 Å². The summed E-state index contributed by atoms with van der Waals surface area (Å²) in [6, 6.07) is 22.2. The molecule has 3 aromatic carbocycles. The second kappa shape index (κ2) is 4.05. The van der Waals surface area contributed by atoms with E-state index in [-0.39, 0.29) is 0 Å². The summed E-state index contributed by atoms with van der Waals surface area (Å²) in [7, 11) is 0. The summed E-state index contributed by atoms with van der Waals surface area (Å²) in [6.45, 7) is 2.27. The van der Waals surface area contributed by atoms with Gasteiger partial charge in [0.05, 0.1) is 0 Å². The first-order valence-electron chi connectivity index (χ1n) is 7.43. The summed E-state index contributed by atoms with van der Waals surface area (Å²) >= 11 is 0. The van der Waals surface area contributed by atoms with E-state index in [4.69, 9.17) is 0 Å². The van der Waals surface area contributed by atoms with E-state index in [1.165, 1.54) is 43.7 Å². The molecular weight excluding hydrogens is 251 g/mol. The second-order valence-corrected chi connectivity index (χ2v) is 5.82. The van der Waals surface area contributed by atoms with E-state index in [1.54, 1.807) is 0 Å². The maximum atomic E-state index is 2.33. The minimum atomic E-state index is 1.04. The van der Waals surface area contributed by atoms with Crippen molar-refractivity contribution in [2.75, 3.05) is 0 Å². The van der Waals surface area contributed by atoms with Gasteiger partial charge in [0.1, 0.15) is 0 Å². The van der Waals surface area contributed by atoms with Crippen molar-refractivity contribution in [2.24, 2.45) is 0 Å². The molecule has 4 aromatic rings. The van der Waals surface area contributed by atoms with Crippen LogP contribution in [0.25, 0.3) is 32.6 Å².